The van der Waals surface area contributed by atoms with Gasteiger partial charge in [-0.25, -0.2) is 0 Å². The molecule has 0 aliphatic carbocycles. The van der Waals surface area contributed by atoms with E-state index in [2.05, 4.69) is 46.3 Å². The minimum Gasteiger partial charge on any atom is -0.369 e. The second kappa shape index (κ2) is 12.6. The molecule has 140 valence electrons. The number of hydrogen-bond acceptors (Lipinski definition) is 4. The van der Waals surface area contributed by atoms with Crippen molar-refractivity contribution >= 4 is 48.8 Å². The number of amides is 1. The number of halogens is 3. The van der Waals surface area contributed by atoms with E-state index in [-0.39, 0.29) is 43.1 Å². The van der Waals surface area contributed by atoms with E-state index in [4.69, 9.17) is 5.73 Å². The third-order valence-corrected chi connectivity index (χ3v) is 4.04. The number of carbonyl (C=O) groups is 1. The Morgan fingerprint density at radius 2 is 1.62 bits per heavy atom. The smallest absolute Gasteiger partial charge is 0.236 e. The van der Waals surface area contributed by atoms with Gasteiger partial charge in [0.05, 0.1) is 6.04 Å². The average molecular weight is 400 g/mol. The van der Waals surface area contributed by atoms with Crippen LogP contribution in [0.2, 0.25) is 0 Å². The number of carbonyl (C=O) groups excluding carboxylic acids is 1. The third kappa shape index (κ3) is 7.45. The molecule has 1 aromatic rings. The molecule has 0 bridgehead atoms. The molecule has 24 heavy (non-hydrogen) atoms. The van der Waals surface area contributed by atoms with Gasteiger partial charge in [0.15, 0.2) is 0 Å². The molecule has 2 atom stereocenters. The summed E-state index contributed by atoms with van der Waals surface area (Å²) in [6.45, 7) is 8.60. The van der Waals surface area contributed by atoms with Crippen LogP contribution in [0.25, 0.3) is 0 Å². The molecule has 0 spiro atoms. The number of rotatable bonds is 5. The topological polar surface area (TPSA) is 61.6 Å². The molecular formula is C16H29Cl3N4O. The number of para-hydroxylation sites is 1. The second-order valence-electron chi connectivity index (χ2n) is 5.74. The molecule has 1 aliphatic rings. The zero-order valence-corrected chi connectivity index (χ0v) is 16.6. The molecule has 1 unspecified atom stereocenters. The van der Waals surface area contributed by atoms with Crippen LogP contribution in [0, 0.1) is 0 Å². The summed E-state index contributed by atoms with van der Waals surface area (Å²) in [5, 5.41) is 2.90. The van der Waals surface area contributed by atoms with Crippen LogP contribution in [-0.2, 0) is 4.79 Å². The maximum Gasteiger partial charge on any atom is 0.236 e. The van der Waals surface area contributed by atoms with E-state index in [0.717, 1.165) is 26.2 Å². The summed E-state index contributed by atoms with van der Waals surface area (Å²) in [6, 6.07) is 10.4. The number of nitrogens with two attached hydrogens (primary N) is 1. The van der Waals surface area contributed by atoms with Crippen molar-refractivity contribution in [1.29, 1.82) is 0 Å². The van der Waals surface area contributed by atoms with E-state index in [9.17, 15) is 4.79 Å². The van der Waals surface area contributed by atoms with Gasteiger partial charge < -0.3 is 16.0 Å². The van der Waals surface area contributed by atoms with Crippen molar-refractivity contribution in [2.24, 2.45) is 5.73 Å². The van der Waals surface area contributed by atoms with Crippen LogP contribution in [0.15, 0.2) is 30.3 Å². The van der Waals surface area contributed by atoms with Gasteiger partial charge in [-0.05, 0) is 26.0 Å². The van der Waals surface area contributed by atoms with Gasteiger partial charge in [0.2, 0.25) is 5.91 Å². The van der Waals surface area contributed by atoms with E-state index >= 15 is 0 Å². The summed E-state index contributed by atoms with van der Waals surface area (Å²) >= 11 is 0. The monoisotopic (exact) mass is 398 g/mol. The molecule has 0 saturated carbocycles. The van der Waals surface area contributed by atoms with Crippen LogP contribution in [0.5, 0.6) is 0 Å². The molecule has 2 rings (SSSR count). The fraction of sp³-hybridized carbons (Fsp3) is 0.562. The summed E-state index contributed by atoms with van der Waals surface area (Å²) in [5.74, 6) is -0.0789. The highest BCUT2D eigenvalue weighted by Crippen LogP contribution is 2.16. The van der Waals surface area contributed by atoms with Crippen LogP contribution in [0.4, 0.5) is 5.69 Å². The van der Waals surface area contributed by atoms with E-state index in [1.54, 1.807) is 6.92 Å². The van der Waals surface area contributed by atoms with Crippen molar-refractivity contribution in [2.75, 3.05) is 37.6 Å². The van der Waals surface area contributed by atoms with Gasteiger partial charge in [-0.15, -0.1) is 37.2 Å². The Morgan fingerprint density at radius 1 is 1.08 bits per heavy atom. The van der Waals surface area contributed by atoms with Gasteiger partial charge >= 0.3 is 0 Å². The molecule has 1 aliphatic heterocycles. The summed E-state index contributed by atoms with van der Waals surface area (Å²) in [6.07, 6.45) is 0. The fourth-order valence-electron chi connectivity index (χ4n) is 2.60. The Kier molecular flexibility index (Phi) is 13.4. The lowest BCUT2D eigenvalue weighted by Crippen LogP contribution is -2.53. The Bertz CT molecular complexity index is 454. The van der Waals surface area contributed by atoms with Gasteiger partial charge in [-0.1, -0.05) is 18.2 Å². The lowest BCUT2D eigenvalue weighted by molar-refractivity contribution is -0.122. The first-order valence-corrected chi connectivity index (χ1v) is 7.65. The standard InChI is InChI=1S/C16H26N4O.3ClH/c1-13(12-18-16(21)14(2)17)19-8-10-20(11-9-19)15-6-4-3-5-7-15;;;/h3-7,13-14H,8-12,17H2,1-2H3,(H,18,21);3*1H/t13?,14-;;;/m1.../s1. The Balaban J connectivity index is 0. The number of anilines is 1. The quantitative estimate of drug-likeness (QED) is 0.794. The van der Waals surface area contributed by atoms with Gasteiger partial charge in [-0.2, -0.15) is 0 Å². The molecule has 0 aromatic heterocycles. The predicted octanol–water partition coefficient (Wildman–Crippen LogP) is 1.93. The van der Waals surface area contributed by atoms with Crippen molar-refractivity contribution in [3.05, 3.63) is 30.3 Å². The molecule has 3 N–H and O–H groups in total. The number of nitrogens with one attached hydrogen (secondary N) is 1. The average Bonchev–Trinajstić information content (AvgIpc) is 2.53. The highest BCUT2D eigenvalue weighted by atomic mass is 35.5. The van der Waals surface area contributed by atoms with Crippen molar-refractivity contribution < 1.29 is 4.79 Å². The minimum atomic E-state index is -0.438. The van der Waals surface area contributed by atoms with E-state index < -0.39 is 6.04 Å². The Morgan fingerprint density at radius 3 is 2.12 bits per heavy atom. The normalized spacial score (nSPS) is 16.7. The first-order valence-electron chi connectivity index (χ1n) is 7.65. The summed E-state index contributed by atoms with van der Waals surface area (Å²) in [5.41, 5.74) is 6.84. The lowest BCUT2D eigenvalue weighted by Gasteiger charge is -2.39. The fourth-order valence-corrected chi connectivity index (χ4v) is 2.60. The number of nitrogens with zero attached hydrogens (tertiary/aromatic N) is 2. The molecule has 1 fully saturated rings. The van der Waals surface area contributed by atoms with Gasteiger partial charge in [0, 0.05) is 44.5 Å². The first-order chi connectivity index (χ1) is 10.1. The Labute approximate surface area is 163 Å². The van der Waals surface area contributed by atoms with E-state index in [1.807, 2.05) is 6.07 Å². The molecule has 1 aromatic carbocycles. The zero-order valence-electron chi connectivity index (χ0n) is 14.2. The van der Waals surface area contributed by atoms with Gasteiger partial charge in [0.25, 0.3) is 0 Å². The van der Waals surface area contributed by atoms with Crippen molar-refractivity contribution in [2.45, 2.75) is 25.9 Å². The summed E-state index contributed by atoms with van der Waals surface area (Å²) < 4.78 is 0. The van der Waals surface area contributed by atoms with Crippen LogP contribution in [-0.4, -0.2) is 55.6 Å². The van der Waals surface area contributed by atoms with E-state index in [0.29, 0.717) is 12.6 Å². The third-order valence-electron chi connectivity index (χ3n) is 4.04. The molecule has 1 saturated heterocycles. The molecule has 8 heteroatoms. The maximum absolute atomic E-state index is 11.5. The first kappa shape index (κ1) is 25.5. The highest BCUT2D eigenvalue weighted by molar-refractivity contribution is 5.86. The highest BCUT2D eigenvalue weighted by Gasteiger charge is 2.21. The molecule has 5 nitrogen and oxygen atoms in total. The number of benzene rings is 1. The van der Waals surface area contributed by atoms with Crippen molar-refractivity contribution in [3.8, 4) is 0 Å². The largest absolute Gasteiger partial charge is 0.369 e. The summed E-state index contributed by atoms with van der Waals surface area (Å²) in [7, 11) is 0. The summed E-state index contributed by atoms with van der Waals surface area (Å²) in [4.78, 5) is 16.3. The predicted molar refractivity (Wildman–Crippen MR) is 108 cm³/mol. The molecule has 1 amide bonds. The van der Waals surface area contributed by atoms with Crippen LogP contribution in [0.3, 0.4) is 0 Å². The van der Waals surface area contributed by atoms with Crippen LogP contribution < -0.4 is 16.0 Å². The molecule has 0 radical (unpaired) electrons. The van der Waals surface area contributed by atoms with Crippen LogP contribution in [0.1, 0.15) is 13.8 Å². The Hall–Kier alpha value is -0.720. The van der Waals surface area contributed by atoms with Crippen molar-refractivity contribution in [3.63, 3.8) is 0 Å². The van der Waals surface area contributed by atoms with E-state index in [1.165, 1.54) is 5.69 Å². The minimum absolute atomic E-state index is 0. The van der Waals surface area contributed by atoms with Gasteiger partial charge in [-0.3, -0.25) is 9.69 Å². The zero-order chi connectivity index (χ0) is 15.2. The van der Waals surface area contributed by atoms with Crippen LogP contribution >= 0.6 is 37.2 Å². The number of hydrogen-bond donors (Lipinski definition) is 2. The SMILES string of the molecule is CC(CNC(=O)[C@@H](C)N)N1CCN(c2ccccc2)CC1.Cl.Cl.Cl. The van der Waals surface area contributed by atoms with Gasteiger partial charge in [0.1, 0.15) is 0 Å². The lowest BCUT2D eigenvalue weighted by atomic mass is 10.2. The second-order valence-corrected chi connectivity index (χ2v) is 5.74. The van der Waals surface area contributed by atoms with Crippen molar-refractivity contribution in [1.82, 2.24) is 10.2 Å². The molecular weight excluding hydrogens is 371 g/mol. The number of piperazine rings is 1. The maximum atomic E-state index is 11.5. The molecule has 1 heterocycles.